The number of fused-ring (bicyclic) bond motifs is 4. The minimum absolute atomic E-state index is 0.0741. The summed E-state index contributed by atoms with van der Waals surface area (Å²) in [7, 11) is 1.27. The number of carbonyl (C=O) groups excluding carboxylic acids is 3. The molecule has 0 fully saturated rings. The van der Waals surface area contributed by atoms with Crippen molar-refractivity contribution in [1.29, 1.82) is 5.41 Å². The number of carbonyl (C=O) groups is 3. The van der Waals surface area contributed by atoms with Gasteiger partial charge in [0.05, 0.1) is 24.5 Å². The minimum atomic E-state index is -0.622. The Morgan fingerprint density at radius 1 is 1.08 bits per heavy atom. The lowest BCUT2D eigenvalue weighted by Gasteiger charge is -2.20. The van der Waals surface area contributed by atoms with Crippen molar-refractivity contribution >= 4 is 35.1 Å². The molecule has 1 atom stereocenters. The lowest BCUT2D eigenvalue weighted by Crippen LogP contribution is -2.29. The number of amidine groups is 1. The maximum absolute atomic E-state index is 13.0. The second-order valence-electron chi connectivity index (χ2n) is 8.32. The number of nitrogens with one attached hydrogen (secondary N) is 4. The Hall–Kier alpha value is -4.99. The average molecular weight is 499 g/mol. The maximum atomic E-state index is 13.0. The SMILES string of the molecule is COC(=O)Nc1ccc2c(c1)NC(=O)C/C=C/C[C@H](NC(=O)c1ccc(C(=N)N)cc1)c1cc-2ccn1. The zero-order chi connectivity index (χ0) is 26.4. The second-order valence-corrected chi connectivity index (χ2v) is 8.32. The molecule has 188 valence electrons. The number of methoxy groups -OCH3 is 1. The zero-order valence-corrected chi connectivity index (χ0v) is 20.1. The molecule has 37 heavy (non-hydrogen) atoms. The average Bonchev–Trinajstić information content (AvgIpc) is 2.90. The predicted octanol–water partition coefficient (Wildman–Crippen LogP) is 3.97. The Kier molecular flexibility index (Phi) is 7.58. The summed E-state index contributed by atoms with van der Waals surface area (Å²) in [6.07, 6.45) is 5.14. The van der Waals surface area contributed by atoms with Gasteiger partial charge in [-0.25, -0.2) is 4.79 Å². The maximum Gasteiger partial charge on any atom is 0.411 e. The molecule has 0 aliphatic carbocycles. The van der Waals surface area contributed by atoms with E-state index in [1.807, 2.05) is 18.2 Å². The number of aromatic nitrogens is 1. The first kappa shape index (κ1) is 25.1. The number of ether oxygens (including phenoxy) is 1. The fourth-order valence-corrected chi connectivity index (χ4v) is 3.87. The van der Waals surface area contributed by atoms with Crippen molar-refractivity contribution in [3.8, 4) is 11.1 Å². The number of anilines is 2. The van der Waals surface area contributed by atoms with Crippen LogP contribution in [0.4, 0.5) is 16.2 Å². The zero-order valence-electron chi connectivity index (χ0n) is 20.1. The van der Waals surface area contributed by atoms with E-state index < -0.39 is 12.1 Å². The van der Waals surface area contributed by atoms with Crippen molar-refractivity contribution in [2.24, 2.45) is 5.73 Å². The topological polar surface area (TPSA) is 159 Å². The van der Waals surface area contributed by atoms with E-state index in [2.05, 4.69) is 25.7 Å². The lowest BCUT2D eigenvalue weighted by atomic mass is 9.99. The highest BCUT2D eigenvalue weighted by Crippen LogP contribution is 2.33. The first-order valence-electron chi connectivity index (χ1n) is 11.5. The van der Waals surface area contributed by atoms with Gasteiger partial charge in [0.1, 0.15) is 5.84 Å². The Balaban J connectivity index is 1.67. The highest BCUT2D eigenvalue weighted by molar-refractivity contribution is 5.99. The summed E-state index contributed by atoms with van der Waals surface area (Å²) in [6.45, 7) is 0. The van der Waals surface area contributed by atoms with E-state index in [1.54, 1.807) is 54.7 Å². The molecule has 0 radical (unpaired) electrons. The predicted molar refractivity (Wildman–Crippen MR) is 140 cm³/mol. The molecule has 4 rings (SSSR count). The van der Waals surface area contributed by atoms with Crippen molar-refractivity contribution < 1.29 is 19.1 Å². The van der Waals surface area contributed by atoms with E-state index in [0.29, 0.717) is 34.6 Å². The monoisotopic (exact) mass is 498 g/mol. The van der Waals surface area contributed by atoms with Crippen LogP contribution in [0, 0.1) is 5.41 Å². The van der Waals surface area contributed by atoms with Gasteiger partial charge in [0.25, 0.3) is 5.91 Å². The normalized spacial score (nSPS) is 15.6. The number of amides is 3. The van der Waals surface area contributed by atoms with Crippen molar-refractivity contribution in [3.05, 3.63) is 89.8 Å². The van der Waals surface area contributed by atoms with Gasteiger partial charge in [-0.3, -0.25) is 25.3 Å². The Morgan fingerprint density at radius 3 is 2.57 bits per heavy atom. The molecule has 2 aromatic carbocycles. The van der Waals surface area contributed by atoms with E-state index in [-0.39, 0.29) is 24.1 Å². The third-order valence-electron chi connectivity index (χ3n) is 5.78. The van der Waals surface area contributed by atoms with Gasteiger partial charge in [0.15, 0.2) is 0 Å². The van der Waals surface area contributed by atoms with Gasteiger partial charge in [0.2, 0.25) is 5.91 Å². The lowest BCUT2D eigenvalue weighted by molar-refractivity contribution is -0.115. The number of hydrogen-bond acceptors (Lipinski definition) is 6. The van der Waals surface area contributed by atoms with Gasteiger partial charge < -0.3 is 21.1 Å². The molecule has 3 amide bonds. The van der Waals surface area contributed by atoms with Crippen LogP contribution in [-0.4, -0.2) is 35.8 Å². The van der Waals surface area contributed by atoms with Gasteiger partial charge in [-0.05, 0) is 48.4 Å². The van der Waals surface area contributed by atoms with Crippen LogP contribution in [-0.2, 0) is 9.53 Å². The summed E-state index contributed by atoms with van der Waals surface area (Å²) < 4.78 is 4.65. The minimum Gasteiger partial charge on any atom is -0.453 e. The van der Waals surface area contributed by atoms with Crippen LogP contribution in [0.25, 0.3) is 11.1 Å². The number of pyridine rings is 1. The van der Waals surface area contributed by atoms with Crippen LogP contribution in [0.3, 0.4) is 0 Å². The molecular weight excluding hydrogens is 472 g/mol. The summed E-state index contributed by atoms with van der Waals surface area (Å²) in [5, 5.41) is 16.0. The first-order chi connectivity index (χ1) is 17.8. The molecule has 0 saturated heterocycles. The molecule has 2 bridgehead atoms. The third-order valence-corrected chi connectivity index (χ3v) is 5.78. The summed E-state index contributed by atoms with van der Waals surface area (Å²) in [5.74, 6) is -0.604. The molecule has 0 unspecified atom stereocenters. The van der Waals surface area contributed by atoms with Crippen molar-refractivity contribution in [2.75, 3.05) is 17.7 Å². The van der Waals surface area contributed by atoms with Gasteiger partial charge in [-0.2, -0.15) is 0 Å². The number of hydrogen-bond donors (Lipinski definition) is 5. The van der Waals surface area contributed by atoms with Crippen LogP contribution in [0.15, 0.2) is 72.9 Å². The number of nitrogens with zero attached hydrogens (tertiary/aromatic N) is 1. The molecule has 6 N–H and O–H groups in total. The van der Waals surface area contributed by atoms with Crippen LogP contribution in [0.1, 0.15) is 40.5 Å². The number of nitrogens with two attached hydrogens (primary N) is 1. The summed E-state index contributed by atoms with van der Waals surface area (Å²) in [5.41, 5.74) is 9.57. The Morgan fingerprint density at radius 2 is 1.84 bits per heavy atom. The molecule has 1 aliphatic heterocycles. The molecular formula is C27H26N6O4. The van der Waals surface area contributed by atoms with Crippen LogP contribution >= 0.6 is 0 Å². The highest BCUT2D eigenvalue weighted by Gasteiger charge is 2.19. The van der Waals surface area contributed by atoms with Gasteiger partial charge in [-0.15, -0.1) is 0 Å². The largest absolute Gasteiger partial charge is 0.453 e. The molecule has 1 aliphatic rings. The van der Waals surface area contributed by atoms with Gasteiger partial charge in [0, 0.05) is 35.0 Å². The van der Waals surface area contributed by atoms with E-state index in [0.717, 1.165) is 11.1 Å². The molecule has 10 heteroatoms. The van der Waals surface area contributed by atoms with Crippen molar-refractivity contribution in [3.63, 3.8) is 0 Å². The fourth-order valence-electron chi connectivity index (χ4n) is 3.87. The molecule has 0 saturated carbocycles. The van der Waals surface area contributed by atoms with Crippen LogP contribution in [0.2, 0.25) is 0 Å². The highest BCUT2D eigenvalue weighted by atomic mass is 16.5. The smallest absolute Gasteiger partial charge is 0.411 e. The fraction of sp³-hybridized carbons (Fsp3) is 0.148. The summed E-state index contributed by atoms with van der Waals surface area (Å²) in [4.78, 5) is 41.8. The number of nitrogen functional groups attached to an aromatic ring is 1. The number of benzene rings is 2. The number of rotatable bonds is 4. The van der Waals surface area contributed by atoms with Crippen molar-refractivity contribution in [1.82, 2.24) is 10.3 Å². The molecule has 0 spiro atoms. The summed E-state index contributed by atoms with van der Waals surface area (Å²) in [6, 6.07) is 14.8. The Bertz CT molecular complexity index is 1380. The Labute approximate surface area is 213 Å². The molecule has 2 heterocycles. The first-order valence-corrected chi connectivity index (χ1v) is 11.5. The second kappa shape index (κ2) is 11.2. The quantitative estimate of drug-likeness (QED) is 0.208. The molecule has 10 nitrogen and oxygen atoms in total. The summed E-state index contributed by atoms with van der Waals surface area (Å²) >= 11 is 0. The van der Waals surface area contributed by atoms with E-state index in [1.165, 1.54) is 7.11 Å². The van der Waals surface area contributed by atoms with E-state index in [9.17, 15) is 14.4 Å². The third kappa shape index (κ3) is 6.17. The van der Waals surface area contributed by atoms with E-state index >= 15 is 0 Å². The van der Waals surface area contributed by atoms with E-state index in [4.69, 9.17) is 11.1 Å². The van der Waals surface area contributed by atoms with Gasteiger partial charge >= 0.3 is 6.09 Å². The van der Waals surface area contributed by atoms with Crippen LogP contribution < -0.4 is 21.7 Å². The molecule has 3 aromatic rings. The standard InChI is InChI=1S/C27H26N6O4/c1-37-27(36)31-19-10-11-20-18-12-13-30-23(14-18)21(4-2-3-5-24(34)32-22(20)15-19)33-26(35)17-8-6-16(7-9-17)25(28)29/h2-3,6-15,21H,4-5H2,1H3,(H3,28,29)(H,31,36)(H,32,34)(H,33,35)/b3-2+/t21-/m0/s1. The van der Waals surface area contributed by atoms with Crippen LogP contribution in [0.5, 0.6) is 0 Å². The van der Waals surface area contributed by atoms with Crippen molar-refractivity contribution in [2.45, 2.75) is 18.9 Å². The molecule has 1 aromatic heterocycles. The van der Waals surface area contributed by atoms with Gasteiger partial charge in [-0.1, -0.05) is 30.4 Å².